The van der Waals surface area contributed by atoms with Crippen LogP contribution in [0.15, 0.2) is 24.3 Å². The van der Waals surface area contributed by atoms with E-state index in [2.05, 4.69) is 0 Å². The second-order valence-electron chi connectivity index (χ2n) is 5.79. The topological polar surface area (TPSA) is 98.0 Å². The molecule has 5 nitrogen and oxygen atoms in total. The van der Waals surface area contributed by atoms with Crippen LogP contribution in [0, 0.1) is 0 Å². The summed E-state index contributed by atoms with van der Waals surface area (Å²) in [5.41, 5.74) is 0. The average molecular weight is 328 g/mol. The van der Waals surface area contributed by atoms with Gasteiger partial charge in [-0.2, -0.15) is 0 Å². The van der Waals surface area contributed by atoms with E-state index in [0.29, 0.717) is 19.3 Å². The highest BCUT2D eigenvalue weighted by Crippen LogP contribution is 2.13. The van der Waals surface area contributed by atoms with Crippen LogP contribution in [-0.4, -0.2) is 44.7 Å². The fraction of sp³-hybridized carbons (Fsp3) is 0.722. The van der Waals surface area contributed by atoms with E-state index < -0.39 is 24.3 Å². The van der Waals surface area contributed by atoms with E-state index >= 15 is 0 Å². The summed E-state index contributed by atoms with van der Waals surface area (Å²) in [5, 5.41) is 38.0. The van der Waals surface area contributed by atoms with Crippen LogP contribution in [0.2, 0.25) is 0 Å². The molecular weight excluding hydrogens is 296 g/mol. The number of hydrogen-bond acceptors (Lipinski definition) is 4. The molecule has 0 aliphatic carbocycles. The van der Waals surface area contributed by atoms with Crippen LogP contribution in [-0.2, 0) is 4.79 Å². The Morgan fingerprint density at radius 1 is 0.957 bits per heavy atom. The highest BCUT2D eigenvalue weighted by atomic mass is 16.4. The lowest BCUT2D eigenvalue weighted by Gasteiger charge is -2.20. The van der Waals surface area contributed by atoms with Crippen LogP contribution < -0.4 is 0 Å². The fourth-order valence-electron chi connectivity index (χ4n) is 2.23. The van der Waals surface area contributed by atoms with Crippen LogP contribution in [0.4, 0.5) is 0 Å². The number of carbonyl (C=O) groups is 1. The molecule has 0 saturated heterocycles. The molecule has 0 aromatic heterocycles. The van der Waals surface area contributed by atoms with E-state index in [1.807, 2.05) is 19.1 Å². The van der Waals surface area contributed by atoms with Crippen molar-refractivity contribution >= 4 is 5.97 Å². The van der Waals surface area contributed by atoms with Crippen molar-refractivity contribution < 1.29 is 25.2 Å². The Balaban J connectivity index is 3.77. The number of hydrogen-bond donors (Lipinski definition) is 4. The van der Waals surface area contributed by atoms with Crippen molar-refractivity contribution in [3.8, 4) is 0 Å². The molecule has 3 atom stereocenters. The Morgan fingerprint density at radius 3 is 2.26 bits per heavy atom. The molecule has 0 aromatic carbocycles. The maximum Gasteiger partial charge on any atom is 0.303 e. The van der Waals surface area contributed by atoms with Crippen molar-refractivity contribution in [3.05, 3.63) is 24.3 Å². The number of rotatable bonds is 14. The lowest BCUT2D eigenvalue weighted by Crippen LogP contribution is -2.36. The first-order valence-corrected chi connectivity index (χ1v) is 8.56. The van der Waals surface area contributed by atoms with Gasteiger partial charge in [-0.05, 0) is 25.7 Å². The molecule has 0 spiro atoms. The van der Waals surface area contributed by atoms with Gasteiger partial charge in [0.2, 0.25) is 0 Å². The fourth-order valence-corrected chi connectivity index (χ4v) is 2.23. The Bertz CT molecular complexity index is 351. The Morgan fingerprint density at radius 2 is 1.61 bits per heavy atom. The standard InChI is InChI=1S/C18H32O5/c1-2-3-4-6-9-12-15(19)18(23)16(20)13-10-7-5-8-11-14-17(21)22/h3-4,9,12,15-16,18-20,23H,2,5-8,10-11,13-14H2,1H3,(H,21,22)/b4-3-,12-9-/t15-,16+,18-/m0/s1. The van der Waals surface area contributed by atoms with E-state index in [-0.39, 0.29) is 6.42 Å². The molecule has 0 heterocycles. The predicted octanol–water partition coefficient (Wildman–Crippen LogP) is 2.80. The highest BCUT2D eigenvalue weighted by Gasteiger charge is 2.21. The summed E-state index contributed by atoms with van der Waals surface area (Å²) in [5.74, 6) is -0.768. The van der Waals surface area contributed by atoms with Crippen molar-refractivity contribution in [2.45, 2.75) is 83.0 Å². The zero-order valence-electron chi connectivity index (χ0n) is 14.1. The number of carboxylic acid groups (broad SMARTS) is 1. The molecule has 0 aromatic rings. The smallest absolute Gasteiger partial charge is 0.303 e. The first-order chi connectivity index (χ1) is 11.0. The number of aliphatic hydroxyl groups excluding tert-OH is 3. The van der Waals surface area contributed by atoms with Crippen molar-refractivity contribution in [3.63, 3.8) is 0 Å². The van der Waals surface area contributed by atoms with Gasteiger partial charge in [0, 0.05) is 6.42 Å². The number of allylic oxidation sites excluding steroid dienone is 3. The maximum absolute atomic E-state index is 10.3. The number of unbranched alkanes of at least 4 members (excludes halogenated alkanes) is 4. The molecule has 0 aliphatic heterocycles. The Labute approximate surface area is 139 Å². The second kappa shape index (κ2) is 14.4. The van der Waals surface area contributed by atoms with Crippen LogP contribution in [0.25, 0.3) is 0 Å². The summed E-state index contributed by atoms with van der Waals surface area (Å²) in [4.78, 5) is 10.3. The predicted molar refractivity (Wildman–Crippen MR) is 91.2 cm³/mol. The second-order valence-corrected chi connectivity index (χ2v) is 5.79. The van der Waals surface area contributed by atoms with Gasteiger partial charge in [-0.15, -0.1) is 0 Å². The lowest BCUT2D eigenvalue weighted by atomic mass is 10.0. The SMILES string of the molecule is CC/C=C\C/C=C\[C@H](O)[C@H](O)[C@H](O)CCCCCCCC(=O)O. The summed E-state index contributed by atoms with van der Waals surface area (Å²) >= 11 is 0. The van der Waals surface area contributed by atoms with Gasteiger partial charge in [-0.25, -0.2) is 0 Å². The molecule has 0 fully saturated rings. The molecule has 0 radical (unpaired) electrons. The first-order valence-electron chi connectivity index (χ1n) is 8.56. The van der Waals surface area contributed by atoms with Crippen molar-refractivity contribution in [1.82, 2.24) is 0 Å². The summed E-state index contributed by atoms with van der Waals surface area (Å²) in [6.45, 7) is 2.04. The summed E-state index contributed by atoms with van der Waals surface area (Å²) in [7, 11) is 0. The van der Waals surface area contributed by atoms with Crippen LogP contribution >= 0.6 is 0 Å². The molecule has 0 unspecified atom stereocenters. The van der Waals surface area contributed by atoms with Crippen molar-refractivity contribution in [1.29, 1.82) is 0 Å². The average Bonchev–Trinajstić information content (AvgIpc) is 2.52. The zero-order valence-corrected chi connectivity index (χ0v) is 14.1. The molecule has 0 rings (SSSR count). The molecule has 0 bridgehead atoms. The van der Waals surface area contributed by atoms with Gasteiger partial charge in [0.15, 0.2) is 0 Å². The maximum atomic E-state index is 10.3. The molecule has 5 heteroatoms. The minimum atomic E-state index is -1.17. The third kappa shape index (κ3) is 13.0. The minimum absolute atomic E-state index is 0.202. The van der Waals surface area contributed by atoms with Gasteiger partial charge in [0.05, 0.1) is 6.10 Å². The third-order valence-electron chi connectivity index (χ3n) is 3.64. The molecular formula is C18H32O5. The van der Waals surface area contributed by atoms with Gasteiger partial charge in [-0.3, -0.25) is 4.79 Å². The summed E-state index contributed by atoms with van der Waals surface area (Å²) < 4.78 is 0. The van der Waals surface area contributed by atoms with Crippen LogP contribution in [0.1, 0.15) is 64.7 Å². The molecule has 4 N–H and O–H groups in total. The molecule has 0 saturated carbocycles. The van der Waals surface area contributed by atoms with E-state index in [1.54, 1.807) is 6.08 Å². The van der Waals surface area contributed by atoms with Crippen LogP contribution in [0.5, 0.6) is 0 Å². The van der Waals surface area contributed by atoms with Gasteiger partial charge < -0.3 is 20.4 Å². The minimum Gasteiger partial charge on any atom is -0.481 e. The highest BCUT2D eigenvalue weighted by molar-refractivity contribution is 5.66. The quantitative estimate of drug-likeness (QED) is 0.290. The van der Waals surface area contributed by atoms with Crippen LogP contribution in [0.3, 0.4) is 0 Å². The molecule has 134 valence electrons. The monoisotopic (exact) mass is 328 g/mol. The van der Waals surface area contributed by atoms with Gasteiger partial charge in [0.1, 0.15) is 12.2 Å². The van der Waals surface area contributed by atoms with Gasteiger partial charge in [0.25, 0.3) is 0 Å². The largest absolute Gasteiger partial charge is 0.481 e. The first kappa shape index (κ1) is 21.8. The van der Waals surface area contributed by atoms with Crippen molar-refractivity contribution in [2.24, 2.45) is 0 Å². The van der Waals surface area contributed by atoms with Gasteiger partial charge >= 0.3 is 5.97 Å². The van der Waals surface area contributed by atoms with E-state index in [4.69, 9.17) is 5.11 Å². The third-order valence-corrected chi connectivity index (χ3v) is 3.64. The zero-order chi connectivity index (χ0) is 17.5. The molecule has 0 aliphatic rings. The summed E-state index contributed by atoms with van der Waals surface area (Å²) in [6.07, 6.45) is 10.5. The van der Waals surface area contributed by atoms with Crippen molar-refractivity contribution in [2.75, 3.05) is 0 Å². The molecule has 0 amide bonds. The van der Waals surface area contributed by atoms with E-state index in [0.717, 1.165) is 32.1 Å². The van der Waals surface area contributed by atoms with E-state index in [9.17, 15) is 20.1 Å². The number of aliphatic hydroxyl groups is 3. The van der Waals surface area contributed by atoms with Gasteiger partial charge in [-0.1, -0.05) is 56.9 Å². The Kier molecular flexibility index (Phi) is 13.7. The molecule has 23 heavy (non-hydrogen) atoms. The summed E-state index contributed by atoms with van der Waals surface area (Å²) in [6, 6.07) is 0. The van der Waals surface area contributed by atoms with E-state index in [1.165, 1.54) is 6.08 Å². The normalized spacial score (nSPS) is 16.0. The number of aliphatic carboxylic acids is 1. The number of carboxylic acids is 1. The Hall–Kier alpha value is -1.17. The lowest BCUT2D eigenvalue weighted by molar-refractivity contribution is -0.137.